The maximum absolute atomic E-state index is 12.5. The summed E-state index contributed by atoms with van der Waals surface area (Å²) in [5.41, 5.74) is 0.422. The number of hydrogen-bond donors (Lipinski definition) is 1. The summed E-state index contributed by atoms with van der Waals surface area (Å²) < 4.78 is 5.17. The van der Waals surface area contributed by atoms with Crippen molar-refractivity contribution < 1.29 is 24.0 Å². The largest absolute Gasteiger partial charge is 0.495 e. The molecule has 3 rings (SSSR count). The lowest BCUT2D eigenvalue weighted by atomic mass is 10.1. The topological polar surface area (TPSA) is 119 Å². The van der Waals surface area contributed by atoms with Crippen molar-refractivity contribution in [1.29, 1.82) is 0 Å². The molecule has 1 N–H and O–H groups in total. The highest BCUT2D eigenvalue weighted by molar-refractivity contribution is 6.24. The number of methoxy groups -OCH3 is 1. The van der Waals surface area contributed by atoms with Gasteiger partial charge in [0.2, 0.25) is 5.91 Å². The molecule has 1 heterocycles. The molecule has 0 saturated carbocycles. The maximum atomic E-state index is 12.5. The molecule has 1 aliphatic rings. The molecule has 0 radical (unpaired) electrons. The first kappa shape index (κ1) is 18.1. The van der Waals surface area contributed by atoms with E-state index in [2.05, 4.69) is 5.32 Å². The minimum atomic E-state index is -0.867. The van der Waals surface area contributed by atoms with Gasteiger partial charge >= 0.3 is 0 Å². The number of rotatable bonds is 5. The Balaban J connectivity index is 1.83. The number of fused-ring (bicyclic) bond motifs is 1. The fourth-order valence-electron chi connectivity index (χ4n) is 2.86. The van der Waals surface area contributed by atoms with Crippen LogP contribution in [0.4, 0.5) is 11.4 Å². The second-order valence-electron chi connectivity index (χ2n) is 5.91. The van der Waals surface area contributed by atoms with Crippen LogP contribution < -0.4 is 10.1 Å². The Morgan fingerprint density at radius 1 is 1.22 bits per heavy atom. The third-order valence-electron chi connectivity index (χ3n) is 4.10. The number of imide groups is 1. The van der Waals surface area contributed by atoms with Gasteiger partial charge in [0.05, 0.1) is 23.3 Å². The molecule has 0 aliphatic carbocycles. The normalized spacial score (nSPS) is 12.7. The third kappa shape index (κ3) is 3.22. The molecule has 27 heavy (non-hydrogen) atoms. The van der Waals surface area contributed by atoms with Crippen molar-refractivity contribution in [3.63, 3.8) is 0 Å². The summed E-state index contributed by atoms with van der Waals surface area (Å²) in [7, 11) is 1.45. The van der Waals surface area contributed by atoms with Crippen molar-refractivity contribution >= 4 is 29.1 Å². The van der Waals surface area contributed by atoms with E-state index in [4.69, 9.17) is 4.74 Å². The predicted octanol–water partition coefficient (Wildman–Crippen LogP) is 2.15. The second kappa shape index (κ2) is 6.87. The molecule has 0 atom stereocenters. The molecule has 0 bridgehead atoms. The first-order valence-corrected chi connectivity index (χ1v) is 7.91. The van der Waals surface area contributed by atoms with Gasteiger partial charge in [0.1, 0.15) is 17.9 Å². The molecule has 0 fully saturated rings. The van der Waals surface area contributed by atoms with E-state index in [1.807, 2.05) is 6.92 Å². The number of ether oxygens (including phenoxy) is 1. The summed E-state index contributed by atoms with van der Waals surface area (Å²) >= 11 is 0. The Kier molecular flexibility index (Phi) is 4.59. The van der Waals surface area contributed by atoms with Gasteiger partial charge in [-0.2, -0.15) is 0 Å². The number of carbonyl (C=O) groups excluding carboxylic acids is 3. The average Bonchev–Trinajstić information content (AvgIpc) is 2.87. The molecule has 9 nitrogen and oxygen atoms in total. The predicted molar refractivity (Wildman–Crippen MR) is 94.8 cm³/mol. The lowest BCUT2D eigenvalue weighted by Gasteiger charge is -2.15. The summed E-state index contributed by atoms with van der Waals surface area (Å²) in [6.45, 7) is 1.26. The lowest BCUT2D eigenvalue weighted by molar-refractivity contribution is -0.385. The number of nitro benzene ring substituents is 1. The van der Waals surface area contributed by atoms with E-state index in [1.54, 1.807) is 18.2 Å². The van der Waals surface area contributed by atoms with Crippen molar-refractivity contribution in [2.45, 2.75) is 6.92 Å². The minimum absolute atomic E-state index is 0.0878. The highest BCUT2D eigenvalue weighted by Gasteiger charge is 2.41. The lowest BCUT2D eigenvalue weighted by Crippen LogP contribution is -2.37. The van der Waals surface area contributed by atoms with E-state index in [-0.39, 0.29) is 11.1 Å². The zero-order chi connectivity index (χ0) is 19.7. The maximum Gasteiger partial charge on any atom is 0.282 e. The van der Waals surface area contributed by atoms with Crippen LogP contribution >= 0.6 is 0 Å². The van der Waals surface area contributed by atoms with E-state index >= 15 is 0 Å². The Morgan fingerprint density at radius 2 is 1.96 bits per heavy atom. The molecule has 2 aromatic rings. The van der Waals surface area contributed by atoms with Crippen LogP contribution in [-0.2, 0) is 4.79 Å². The molecule has 0 unspecified atom stereocenters. The Labute approximate surface area is 153 Å². The zero-order valence-corrected chi connectivity index (χ0v) is 14.5. The van der Waals surface area contributed by atoms with Crippen molar-refractivity contribution in [3.8, 4) is 5.75 Å². The monoisotopic (exact) mass is 369 g/mol. The number of nitrogens with zero attached hydrogens (tertiary/aromatic N) is 2. The SMILES string of the molecule is COc1ccc(C)cc1NC(=O)CN1C(=O)c2cccc([N+](=O)[O-])c2C1=O. The molecule has 1 aliphatic heterocycles. The van der Waals surface area contributed by atoms with E-state index in [0.717, 1.165) is 11.6 Å². The summed E-state index contributed by atoms with van der Waals surface area (Å²) in [4.78, 5) is 48.4. The van der Waals surface area contributed by atoms with Crippen LogP contribution in [0.5, 0.6) is 5.75 Å². The number of benzene rings is 2. The van der Waals surface area contributed by atoms with Crippen molar-refractivity contribution in [2.24, 2.45) is 0 Å². The van der Waals surface area contributed by atoms with Gasteiger partial charge in [-0.3, -0.25) is 29.4 Å². The van der Waals surface area contributed by atoms with Crippen molar-refractivity contribution in [3.05, 3.63) is 63.2 Å². The molecule has 0 saturated heterocycles. The van der Waals surface area contributed by atoms with Gasteiger partial charge in [0.15, 0.2) is 0 Å². The van der Waals surface area contributed by atoms with E-state index in [0.29, 0.717) is 16.3 Å². The Hall–Kier alpha value is -3.75. The minimum Gasteiger partial charge on any atom is -0.495 e. The number of anilines is 1. The van der Waals surface area contributed by atoms with Gasteiger partial charge in [-0.25, -0.2) is 0 Å². The zero-order valence-electron chi connectivity index (χ0n) is 14.5. The van der Waals surface area contributed by atoms with E-state index in [1.165, 1.54) is 19.2 Å². The van der Waals surface area contributed by atoms with Gasteiger partial charge in [-0.05, 0) is 30.7 Å². The van der Waals surface area contributed by atoms with Crippen LogP contribution in [0.2, 0.25) is 0 Å². The molecule has 138 valence electrons. The van der Waals surface area contributed by atoms with Crippen LogP contribution in [0, 0.1) is 17.0 Å². The van der Waals surface area contributed by atoms with Gasteiger partial charge in [-0.1, -0.05) is 12.1 Å². The average molecular weight is 369 g/mol. The van der Waals surface area contributed by atoms with Gasteiger partial charge < -0.3 is 10.1 Å². The smallest absolute Gasteiger partial charge is 0.282 e. The number of nitrogens with one attached hydrogen (secondary N) is 1. The molecular formula is C18H15N3O6. The number of carbonyl (C=O) groups is 3. The highest BCUT2D eigenvalue weighted by atomic mass is 16.6. The fourth-order valence-corrected chi connectivity index (χ4v) is 2.86. The standard InChI is InChI=1S/C18H15N3O6/c1-10-6-7-14(27-2)12(8-10)19-15(22)9-20-17(23)11-4-3-5-13(21(25)26)16(11)18(20)24/h3-8H,9H2,1-2H3,(H,19,22). The number of aryl methyl sites for hydroxylation is 1. The van der Waals surface area contributed by atoms with Crippen LogP contribution in [0.1, 0.15) is 26.3 Å². The highest BCUT2D eigenvalue weighted by Crippen LogP contribution is 2.31. The van der Waals surface area contributed by atoms with Crippen molar-refractivity contribution in [1.82, 2.24) is 4.90 Å². The quantitative estimate of drug-likeness (QED) is 0.490. The summed E-state index contributed by atoms with van der Waals surface area (Å²) in [5, 5.41) is 13.7. The van der Waals surface area contributed by atoms with Gasteiger partial charge in [0, 0.05) is 6.07 Å². The Bertz CT molecular complexity index is 985. The first-order valence-electron chi connectivity index (χ1n) is 7.91. The van der Waals surface area contributed by atoms with E-state index < -0.39 is 34.9 Å². The molecular weight excluding hydrogens is 354 g/mol. The molecule has 3 amide bonds. The van der Waals surface area contributed by atoms with Crippen LogP contribution in [-0.4, -0.2) is 41.2 Å². The number of nitro groups is 1. The third-order valence-corrected chi connectivity index (χ3v) is 4.10. The van der Waals surface area contributed by atoms with E-state index in [9.17, 15) is 24.5 Å². The summed E-state index contributed by atoms with van der Waals surface area (Å²) in [5.74, 6) is -1.82. The van der Waals surface area contributed by atoms with Crippen molar-refractivity contribution in [2.75, 3.05) is 19.0 Å². The van der Waals surface area contributed by atoms with Crippen LogP contribution in [0.25, 0.3) is 0 Å². The van der Waals surface area contributed by atoms with Crippen LogP contribution in [0.3, 0.4) is 0 Å². The second-order valence-corrected chi connectivity index (χ2v) is 5.91. The number of amides is 3. The molecule has 2 aromatic carbocycles. The molecule has 0 spiro atoms. The van der Waals surface area contributed by atoms with Crippen LogP contribution in [0.15, 0.2) is 36.4 Å². The molecule has 0 aromatic heterocycles. The Morgan fingerprint density at radius 3 is 2.63 bits per heavy atom. The fraction of sp³-hybridized carbons (Fsp3) is 0.167. The van der Waals surface area contributed by atoms with Gasteiger partial charge in [-0.15, -0.1) is 0 Å². The summed E-state index contributed by atoms with van der Waals surface area (Å²) in [6.07, 6.45) is 0. The summed E-state index contributed by atoms with van der Waals surface area (Å²) in [6, 6.07) is 8.95. The first-order chi connectivity index (χ1) is 12.8. The van der Waals surface area contributed by atoms with Gasteiger partial charge in [0.25, 0.3) is 17.5 Å². The number of hydrogen-bond acceptors (Lipinski definition) is 6. The molecule has 9 heteroatoms.